The first-order chi connectivity index (χ1) is 15.4. The van der Waals surface area contributed by atoms with E-state index in [1.165, 1.54) is 0 Å². The van der Waals surface area contributed by atoms with E-state index in [0.717, 1.165) is 24.5 Å². The second-order valence-electron chi connectivity index (χ2n) is 8.12. The number of hydrogen-bond donors (Lipinski definition) is 0. The summed E-state index contributed by atoms with van der Waals surface area (Å²) >= 11 is 0. The molecule has 3 aromatic rings. The molecule has 0 N–H and O–H groups in total. The van der Waals surface area contributed by atoms with Gasteiger partial charge in [0.15, 0.2) is 0 Å². The maximum atomic E-state index is 13.7. The molecular formula is C23H25F3N4O2. The number of likely N-dealkylation sites (tertiary alicyclic amines) is 1. The number of pyridine rings is 2. The fourth-order valence-corrected chi connectivity index (χ4v) is 4.26. The number of nitrogens with zero attached hydrogens (tertiary/aromatic N) is 4. The van der Waals surface area contributed by atoms with E-state index in [4.69, 9.17) is 4.52 Å². The lowest BCUT2D eigenvalue weighted by Crippen LogP contribution is -2.38. The summed E-state index contributed by atoms with van der Waals surface area (Å²) in [6.45, 7) is 2.74. The normalized spacial score (nSPS) is 15.4. The predicted molar refractivity (Wildman–Crippen MR) is 112 cm³/mol. The van der Waals surface area contributed by atoms with E-state index in [1.54, 1.807) is 24.2 Å². The molecule has 0 aliphatic carbocycles. The highest BCUT2D eigenvalue weighted by molar-refractivity contribution is 5.82. The molecule has 1 aliphatic rings. The summed E-state index contributed by atoms with van der Waals surface area (Å²) in [6, 6.07) is 4.96. The molecule has 1 aliphatic heterocycles. The number of rotatable bonds is 6. The van der Waals surface area contributed by atoms with Crippen LogP contribution in [0.15, 0.2) is 35.1 Å². The monoisotopic (exact) mass is 446 g/mol. The largest absolute Gasteiger partial charge is 0.417 e. The number of piperidine rings is 1. The van der Waals surface area contributed by atoms with E-state index in [-0.39, 0.29) is 22.9 Å². The van der Waals surface area contributed by atoms with Crippen molar-refractivity contribution in [1.29, 1.82) is 0 Å². The van der Waals surface area contributed by atoms with Gasteiger partial charge in [-0.2, -0.15) is 13.2 Å². The number of fused-ring (bicyclic) bond motifs is 1. The van der Waals surface area contributed by atoms with E-state index < -0.39 is 11.7 Å². The van der Waals surface area contributed by atoms with Gasteiger partial charge in [-0.25, -0.2) is 4.98 Å². The number of amides is 1. The standard InChI is InChI=1S/C23H25F3N4O2/c1-2-17-14-18(23(24,25)26)20-21(29-32-22(20)28-17)16-8-12-30(13-9-16)19(31)5-3-4-15-6-10-27-11-7-15/h6-7,10-11,14,16H,2-5,8-9,12-13H2,1H3. The van der Waals surface area contributed by atoms with E-state index in [2.05, 4.69) is 15.1 Å². The molecule has 9 heteroatoms. The highest BCUT2D eigenvalue weighted by Gasteiger charge is 2.38. The van der Waals surface area contributed by atoms with Crippen LogP contribution < -0.4 is 0 Å². The fourth-order valence-electron chi connectivity index (χ4n) is 4.26. The Kier molecular flexibility index (Phi) is 6.43. The molecule has 0 unspecified atom stereocenters. The van der Waals surface area contributed by atoms with Crippen molar-refractivity contribution in [3.05, 3.63) is 53.1 Å². The van der Waals surface area contributed by atoms with Gasteiger partial charge >= 0.3 is 6.18 Å². The van der Waals surface area contributed by atoms with Crippen molar-refractivity contribution in [2.24, 2.45) is 0 Å². The molecule has 0 saturated carbocycles. The zero-order chi connectivity index (χ0) is 22.7. The fraction of sp³-hybridized carbons (Fsp3) is 0.478. The van der Waals surface area contributed by atoms with Gasteiger partial charge in [-0.15, -0.1) is 0 Å². The Bertz CT molecular complexity index is 1070. The van der Waals surface area contributed by atoms with Gasteiger partial charge in [-0.1, -0.05) is 12.1 Å². The third-order valence-electron chi connectivity index (χ3n) is 6.03. The minimum Gasteiger partial charge on any atom is -0.343 e. The Morgan fingerprint density at radius 2 is 1.94 bits per heavy atom. The van der Waals surface area contributed by atoms with Crippen molar-refractivity contribution in [2.45, 2.75) is 57.5 Å². The van der Waals surface area contributed by atoms with E-state index in [1.807, 2.05) is 12.1 Å². The molecule has 0 spiro atoms. The van der Waals surface area contributed by atoms with Gasteiger partial charge in [0.1, 0.15) is 0 Å². The van der Waals surface area contributed by atoms with Crippen molar-refractivity contribution in [3.8, 4) is 0 Å². The van der Waals surface area contributed by atoms with E-state index in [0.29, 0.717) is 50.2 Å². The maximum absolute atomic E-state index is 13.7. The Morgan fingerprint density at radius 3 is 2.59 bits per heavy atom. The molecule has 0 bridgehead atoms. The van der Waals surface area contributed by atoms with Crippen LogP contribution in [-0.4, -0.2) is 39.0 Å². The zero-order valence-corrected chi connectivity index (χ0v) is 17.9. The Morgan fingerprint density at radius 1 is 1.22 bits per heavy atom. The van der Waals surface area contributed by atoms with Crippen molar-refractivity contribution in [2.75, 3.05) is 13.1 Å². The molecule has 3 aromatic heterocycles. The summed E-state index contributed by atoms with van der Waals surface area (Å²) in [5.41, 5.74) is 0.947. The quantitative estimate of drug-likeness (QED) is 0.537. The number of aromatic nitrogens is 3. The lowest BCUT2D eigenvalue weighted by Gasteiger charge is -2.31. The SMILES string of the molecule is CCc1cc(C(F)(F)F)c2c(C3CCN(C(=O)CCCc4ccncc4)CC3)noc2n1. The van der Waals surface area contributed by atoms with Gasteiger partial charge in [0.05, 0.1) is 16.6 Å². The molecule has 170 valence electrons. The number of aryl methyl sites for hydroxylation is 2. The second-order valence-corrected chi connectivity index (χ2v) is 8.12. The van der Waals surface area contributed by atoms with Gasteiger partial charge in [0, 0.05) is 43.5 Å². The number of halogens is 3. The lowest BCUT2D eigenvalue weighted by atomic mass is 9.90. The molecule has 6 nitrogen and oxygen atoms in total. The van der Waals surface area contributed by atoms with E-state index >= 15 is 0 Å². The summed E-state index contributed by atoms with van der Waals surface area (Å²) in [7, 11) is 0. The van der Waals surface area contributed by atoms with Crippen molar-refractivity contribution < 1.29 is 22.5 Å². The van der Waals surface area contributed by atoms with E-state index in [9.17, 15) is 18.0 Å². The van der Waals surface area contributed by atoms with Crippen molar-refractivity contribution in [3.63, 3.8) is 0 Å². The lowest BCUT2D eigenvalue weighted by molar-refractivity contribution is -0.136. The summed E-state index contributed by atoms with van der Waals surface area (Å²) in [5, 5.41) is 3.93. The number of alkyl halides is 3. The van der Waals surface area contributed by atoms with Crippen LogP contribution in [0.5, 0.6) is 0 Å². The molecule has 0 radical (unpaired) electrons. The number of hydrogen-bond acceptors (Lipinski definition) is 5. The molecule has 32 heavy (non-hydrogen) atoms. The summed E-state index contributed by atoms with van der Waals surface area (Å²) < 4.78 is 46.3. The highest BCUT2D eigenvalue weighted by atomic mass is 19.4. The van der Waals surface area contributed by atoms with Crippen LogP contribution in [0.1, 0.15) is 61.0 Å². The molecule has 1 amide bonds. The zero-order valence-electron chi connectivity index (χ0n) is 17.9. The molecule has 1 fully saturated rings. The maximum Gasteiger partial charge on any atom is 0.417 e. The molecule has 4 rings (SSSR count). The molecular weight excluding hydrogens is 421 g/mol. The average molecular weight is 446 g/mol. The third kappa shape index (κ3) is 4.76. The second kappa shape index (κ2) is 9.26. The van der Waals surface area contributed by atoms with Crippen LogP contribution in [0.4, 0.5) is 13.2 Å². The van der Waals surface area contributed by atoms with Crippen LogP contribution in [0.3, 0.4) is 0 Å². The third-order valence-corrected chi connectivity index (χ3v) is 6.03. The minimum absolute atomic E-state index is 0.0446. The number of carbonyl (C=O) groups is 1. The van der Waals surface area contributed by atoms with Crippen LogP contribution in [0.2, 0.25) is 0 Å². The minimum atomic E-state index is -4.52. The van der Waals surface area contributed by atoms with Crippen LogP contribution in [0, 0.1) is 0 Å². The van der Waals surface area contributed by atoms with Gasteiger partial charge in [-0.05, 0) is 55.9 Å². The van der Waals surface area contributed by atoms with Gasteiger partial charge in [0.25, 0.3) is 5.71 Å². The average Bonchev–Trinajstić information content (AvgIpc) is 3.22. The van der Waals surface area contributed by atoms with Crippen LogP contribution >= 0.6 is 0 Å². The summed E-state index contributed by atoms with van der Waals surface area (Å²) in [6.07, 6.45) is 2.42. The van der Waals surface area contributed by atoms with Gasteiger partial charge in [0.2, 0.25) is 5.91 Å². The number of carbonyl (C=O) groups excluding carboxylic acids is 1. The van der Waals surface area contributed by atoms with Gasteiger partial charge < -0.3 is 9.42 Å². The highest BCUT2D eigenvalue weighted by Crippen LogP contribution is 2.40. The first-order valence-electron chi connectivity index (χ1n) is 10.9. The van der Waals surface area contributed by atoms with Crippen molar-refractivity contribution in [1.82, 2.24) is 20.0 Å². The van der Waals surface area contributed by atoms with Crippen LogP contribution in [-0.2, 0) is 23.8 Å². The molecule has 0 aromatic carbocycles. The summed E-state index contributed by atoms with van der Waals surface area (Å²) in [5.74, 6) is -0.125. The first-order valence-corrected chi connectivity index (χ1v) is 10.9. The van der Waals surface area contributed by atoms with Crippen LogP contribution in [0.25, 0.3) is 11.1 Å². The first kappa shape index (κ1) is 22.2. The Balaban J connectivity index is 1.41. The van der Waals surface area contributed by atoms with Crippen molar-refractivity contribution >= 4 is 17.0 Å². The summed E-state index contributed by atoms with van der Waals surface area (Å²) in [4.78, 5) is 22.5. The Hall–Kier alpha value is -2.97. The molecule has 1 saturated heterocycles. The smallest absolute Gasteiger partial charge is 0.343 e. The molecule has 0 atom stereocenters. The van der Waals surface area contributed by atoms with Gasteiger partial charge in [-0.3, -0.25) is 9.78 Å². The Labute approximate surface area is 183 Å². The predicted octanol–water partition coefficient (Wildman–Crippen LogP) is 4.93. The topological polar surface area (TPSA) is 72.1 Å². The molecule has 4 heterocycles.